The molecule has 1 aliphatic heterocycles. The Morgan fingerprint density at radius 1 is 0.952 bits per heavy atom. The summed E-state index contributed by atoms with van der Waals surface area (Å²) in [6, 6.07) is 8.56. The number of nitrogens with two attached hydrogens (primary N) is 1. The van der Waals surface area contributed by atoms with E-state index in [9.17, 15) is 14.4 Å². The molecule has 0 saturated carbocycles. The number of rotatable bonds is 10. The van der Waals surface area contributed by atoms with Gasteiger partial charge >= 0.3 is 0 Å². The zero-order chi connectivity index (χ0) is 32.2. The van der Waals surface area contributed by atoms with Crippen LogP contribution in [0.15, 0.2) is 42.0 Å². The fourth-order valence-electron chi connectivity index (χ4n) is 5.80. The quantitative estimate of drug-likeness (QED) is 0.420. The fraction of sp³-hybridized carbons (Fsp3) is 0.676. The maximum absolute atomic E-state index is 14.8. The number of likely N-dealkylation sites (N-methyl/N-ethyl adjacent to an activating group) is 3. The van der Waals surface area contributed by atoms with E-state index in [-0.39, 0.29) is 35.1 Å². The Labute approximate surface area is 255 Å². The summed E-state index contributed by atoms with van der Waals surface area (Å²) in [4.78, 5) is 49.5. The lowest BCUT2D eigenvalue weighted by atomic mass is 9.57. The van der Waals surface area contributed by atoms with E-state index >= 15 is 0 Å². The highest BCUT2D eigenvalue weighted by atomic mass is 16.2. The predicted molar refractivity (Wildman–Crippen MR) is 172 cm³/mol. The van der Waals surface area contributed by atoms with Crippen LogP contribution in [0.3, 0.4) is 0 Å². The van der Waals surface area contributed by atoms with E-state index in [4.69, 9.17) is 5.73 Å². The van der Waals surface area contributed by atoms with Crippen LogP contribution in [0.5, 0.6) is 0 Å². The van der Waals surface area contributed by atoms with Gasteiger partial charge in [-0.3, -0.25) is 14.4 Å². The first-order valence-corrected chi connectivity index (χ1v) is 15.3. The summed E-state index contributed by atoms with van der Waals surface area (Å²) in [6.45, 7) is 21.3. The van der Waals surface area contributed by atoms with Crippen LogP contribution < -0.4 is 5.73 Å². The molecule has 8 nitrogen and oxygen atoms in total. The molecular weight excluding hydrogens is 526 g/mol. The molecule has 1 heterocycles. The molecule has 0 aromatic heterocycles. The number of nitrogens with zero attached hydrogens (tertiary/aromatic N) is 4. The van der Waals surface area contributed by atoms with Crippen LogP contribution in [0, 0.1) is 16.7 Å². The van der Waals surface area contributed by atoms with Gasteiger partial charge in [-0.1, -0.05) is 84.9 Å². The highest BCUT2D eigenvalue weighted by molar-refractivity contribution is 5.95. The topological polar surface area (TPSA) is 90.2 Å². The second-order valence-corrected chi connectivity index (χ2v) is 14.2. The highest BCUT2D eigenvalue weighted by Crippen LogP contribution is 2.50. The lowest BCUT2D eigenvalue weighted by Gasteiger charge is -2.56. The van der Waals surface area contributed by atoms with Gasteiger partial charge in [0.1, 0.15) is 5.54 Å². The average Bonchev–Trinajstić information content (AvgIpc) is 2.93. The van der Waals surface area contributed by atoms with Crippen molar-refractivity contribution in [2.75, 3.05) is 47.3 Å². The van der Waals surface area contributed by atoms with Gasteiger partial charge in [-0.15, -0.1) is 0 Å². The molecular formula is C34H57N5O3. The van der Waals surface area contributed by atoms with E-state index < -0.39 is 17.0 Å². The normalized spacial score (nSPS) is 18.3. The molecule has 42 heavy (non-hydrogen) atoms. The van der Waals surface area contributed by atoms with E-state index in [1.165, 1.54) is 0 Å². The van der Waals surface area contributed by atoms with Crippen molar-refractivity contribution in [3.63, 3.8) is 0 Å². The predicted octanol–water partition coefficient (Wildman–Crippen LogP) is 4.05. The van der Waals surface area contributed by atoms with Gasteiger partial charge in [-0.2, -0.15) is 0 Å². The van der Waals surface area contributed by atoms with Gasteiger partial charge in [0, 0.05) is 51.3 Å². The number of benzene rings is 1. The molecule has 1 aliphatic rings. The Morgan fingerprint density at radius 3 is 1.95 bits per heavy atom. The number of hydrogen-bond acceptors (Lipinski definition) is 5. The van der Waals surface area contributed by atoms with Crippen LogP contribution >= 0.6 is 0 Å². The number of carbonyl (C=O) groups excluding carboxylic acids is 3. The van der Waals surface area contributed by atoms with Crippen LogP contribution in [0.25, 0.3) is 0 Å². The monoisotopic (exact) mass is 583 g/mol. The molecule has 8 heteroatoms. The lowest BCUT2D eigenvalue weighted by molar-refractivity contribution is -0.168. The van der Waals surface area contributed by atoms with E-state index in [0.29, 0.717) is 25.1 Å². The minimum atomic E-state index is -1.23. The molecule has 1 aromatic carbocycles. The summed E-state index contributed by atoms with van der Waals surface area (Å²) in [5.74, 6) is -0.414. The molecule has 1 aromatic rings. The van der Waals surface area contributed by atoms with Gasteiger partial charge in [-0.05, 0) is 44.2 Å². The van der Waals surface area contributed by atoms with Gasteiger partial charge in [0.2, 0.25) is 17.7 Å². The second-order valence-electron chi connectivity index (χ2n) is 14.2. The van der Waals surface area contributed by atoms with Crippen molar-refractivity contribution in [2.24, 2.45) is 22.5 Å². The first-order chi connectivity index (χ1) is 19.3. The first-order valence-electron chi connectivity index (χ1n) is 15.3. The third-order valence-corrected chi connectivity index (χ3v) is 10.1. The summed E-state index contributed by atoms with van der Waals surface area (Å²) in [5, 5.41) is 0. The van der Waals surface area contributed by atoms with Crippen molar-refractivity contribution < 1.29 is 14.4 Å². The van der Waals surface area contributed by atoms with Gasteiger partial charge < -0.3 is 25.3 Å². The van der Waals surface area contributed by atoms with Crippen LogP contribution in [0.1, 0.15) is 67.9 Å². The van der Waals surface area contributed by atoms with Crippen LogP contribution in [0.4, 0.5) is 0 Å². The maximum Gasteiger partial charge on any atom is 0.249 e. The molecule has 236 valence electrons. The summed E-state index contributed by atoms with van der Waals surface area (Å²) in [5.41, 5.74) is 5.86. The average molecular weight is 584 g/mol. The smallest absolute Gasteiger partial charge is 0.249 e. The number of piperazine rings is 1. The van der Waals surface area contributed by atoms with Gasteiger partial charge in [0.25, 0.3) is 0 Å². The number of amides is 3. The van der Waals surface area contributed by atoms with Crippen LogP contribution in [-0.2, 0) is 20.8 Å². The van der Waals surface area contributed by atoms with E-state index in [2.05, 4.69) is 46.6 Å². The molecule has 0 radical (unpaired) electrons. The summed E-state index contributed by atoms with van der Waals surface area (Å²) in [6.07, 6.45) is 2.31. The molecule has 0 bridgehead atoms. The van der Waals surface area contributed by atoms with Gasteiger partial charge in [-0.25, -0.2) is 0 Å². The van der Waals surface area contributed by atoms with Gasteiger partial charge in [0.15, 0.2) is 0 Å². The van der Waals surface area contributed by atoms with Crippen molar-refractivity contribution in [3.8, 4) is 0 Å². The Bertz CT molecular complexity index is 1120. The SMILES string of the molecule is CC(=C[C@H](C(C)C)N(C)C(=O)[C@@](C)(N(C)C(=O)[C@@H](N)Cc1ccccc1)C(C)(C)C(C)(C)C)C(=O)N1CCN(C)CC1. The summed E-state index contributed by atoms with van der Waals surface area (Å²) in [7, 11) is 5.55. The Balaban J connectivity index is 2.48. The third kappa shape index (κ3) is 7.43. The highest BCUT2D eigenvalue weighted by Gasteiger charge is 2.58. The number of carbonyl (C=O) groups is 3. The van der Waals surface area contributed by atoms with Crippen LogP contribution in [0.2, 0.25) is 0 Å². The van der Waals surface area contributed by atoms with Gasteiger partial charge in [0.05, 0.1) is 12.1 Å². The van der Waals surface area contributed by atoms with Crippen molar-refractivity contribution in [2.45, 2.75) is 86.4 Å². The third-order valence-electron chi connectivity index (χ3n) is 10.1. The minimum absolute atomic E-state index is 0.00608. The van der Waals surface area contributed by atoms with Crippen molar-refractivity contribution in [1.82, 2.24) is 19.6 Å². The Hall–Kier alpha value is -2.71. The maximum atomic E-state index is 14.8. The fourth-order valence-corrected chi connectivity index (χ4v) is 5.80. The molecule has 1 fully saturated rings. The molecule has 0 spiro atoms. The molecule has 0 aliphatic carbocycles. The summed E-state index contributed by atoms with van der Waals surface area (Å²) < 4.78 is 0. The lowest BCUT2D eigenvalue weighted by Crippen LogP contribution is -2.70. The zero-order valence-electron chi connectivity index (χ0n) is 28.3. The summed E-state index contributed by atoms with van der Waals surface area (Å²) >= 11 is 0. The van der Waals surface area contributed by atoms with Crippen LogP contribution in [-0.4, -0.2) is 102 Å². The van der Waals surface area contributed by atoms with E-state index in [1.54, 1.807) is 23.9 Å². The zero-order valence-corrected chi connectivity index (χ0v) is 28.3. The van der Waals surface area contributed by atoms with Crippen molar-refractivity contribution in [3.05, 3.63) is 47.5 Å². The standard InChI is InChI=1S/C34H57N5O3/c1-24(2)28(22-25(3)29(40)39-20-18-36(10)19-21-39)37(11)31(42)34(9,33(7,8)32(4,5)6)38(12)30(41)27(35)23-26-16-14-13-15-17-26/h13-17,22,24,27-28H,18-21,23,35H2,1-12H3/t27-,28+,34+/m0/s1. The molecule has 3 amide bonds. The van der Waals surface area contributed by atoms with Crippen molar-refractivity contribution >= 4 is 17.7 Å². The molecule has 0 unspecified atom stereocenters. The molecule has 3 atom stereocenters. The van der Waals surface area contributed by atoms with E-state index in [1.807, 2.05) is 69.0 Å². The largest absolute Gasteiger partial charge is 0.337 e. The number of hydrogen-bond donors (Lipinski definition) is 1. The van der Waals surface area contributed by atoms with E-state index in [0.717, 1.165) is 18.7 Å². The van der Waals surface area contributed by atoms with Crippen molar-refractivity contribution in [1.29, 1.82) is 0 Å². The molecule has 2 N–H and O–H groups in total. The molecule has 1 saturated heterocycles. The Kier molecular flexibility index (Phi) is 11.6. The second kappa shape index (κ2) is 13.7. The first kappa shape index (κ1) is 35.5. The molecule has 2 rings (SSSR count). The Morgan fingerprint density at radius 2 is 1.48 bits per heavy atom. The minimum Gasteiger partial charge on any atom is -0.337 e.